The fourth-order valence-corrected chi connectivity index (χ4v) is 1.18. The summed E-state index contributed by atoms with van der Waals surface area (Å²) in [6.45, 7) is 0. The minimum Gasteiger partial charge on any atom is -0.465 e. The molecule has 72 valence electrons. The van der Waals surface area contributed by atoms with Gasteiger partial charge < -0.3 is 9.26 Å². The van der Waals surface area contributed by atoms with Crippen molar-refractivity contribution in [1.82, 2.24) is 5.16 Å². The third-order valence-corrected chi connectivity index (χ3v) is 1.88. The summed E-state index contributed by atoms with van der Waals surface area (Å²) in [6, 6.07) is 2.77. The van der Waals surface area contributed by atoms with Gasteiger partial charge in [-0.2, -0.15) is 0 Å². The summed E-state index contributed by atoms with van der Waals surface area (Å²) >= 11 is 0. The zero-order valence-electron chi connectivity index (χ0n) is 7.28. The van der Waals surface area contributed by atoms with E-state index in [0.29, 0.717) is 5.58 Å². The molecule has 0 unspecified atom stereocenters. The van der Waals surface area contributed by atoms with Crippen molar-refractivity contribution >= 4 is 16.9 Å². The Morgan fingerprint density at radius 2 is 2.36 bits per heavy atom. The Kier molecular flexibility index (Phi) is 1.92. The number of nitrogens with zero attached hydrogens (tertiary/aromatic N) is 1. The van der Waals surface area contributed by atoms with Crippen LogP contribution in [0.15, 0.2) is 22.9 Å². The quantitative estimate of drug-likeness (QED) is 0.650. The number of benzene rings is 1. The lowest BCUT2D eigenvalue weighted by Gasteiger charge is -1.99. The van der Waals surface area contributed by atoms with Crippen LogP contribution in [0.4, 0.5) is 4.39 Å². The van der Waals surface area contributed by atoms with Gasteiger partial charge in [0.05, 0.1) is 24.3 Å². The molecule has 0 aliphatic heterocycles. The number of carbonyl (C=O) groups is 1. The molecule has 0 aliphatic rings. The van der Waals surface area contributed by atoms with Crippen LogP contribution in [-0.2, 0) is 4.74 Å². The van der Waals surface area contributed by atoms with Crippen LogP contribution < -0.4 is 0 Å². The Bertz CT molecular complexity index is 492. The number of carbonyl (C=O) groups excluding carboxylic acids is 1. The van der Waals surface area contributed by atoms with Crippen LogP contribution in [-0.4, -0.2) is 18.2 Å². The zero-order valence-corrected chi connectivity index (χ0v) is 7.28. The Balaban J connectivity index is 2.67. The molecule has 14 heavy (non-hydrogen) atoms. The van der Waals surface area contributed by atoms with Gasteiger partial charge in [-0.05, 0) is 12.1 Å². The number of hydrogen-bond acceptors (Lipinski definition) is 4. The first-order valence-corrected chi connectivity index (χ1v) is 3.85. The third-order valence-electron chi connectivity index (χ3n) is 1.88. The molecule has 0 spiro atoms. The molecule has 1 aromatic carbocycles. The number of aromatic nitrogens is 1. The second-order valence-corrected chi connectivity index (χ2v) is 2.66. The van der Waals surface area contributed by atoms with E-state index in [4.69, 9.17) is 4.52 Å². The molecule has 0 bridgehead atoms. The van der Waals surface area contributed by atoms with Gasteiger partial charge in [-0.25, -0.2) is 9.18 Å². The molecule has 0 aliphatic carbocycles. The molecule has 0 radical (unpaired) electrons. The van der Waals surface area contributed by atoms with Gasteiger partial charge in [-0.15, -0.1) is 0 Å². The molecule has 0 atom stereocenters. The molecule has 0 fully saturated rings. The lowest BCUT2D eigenvalue weighted by molar-refractivity contribution is 0.0596. The van der Waals surface area contributed by atoms with Gasteiger partial charge in [-0.3, -0.25) is 0 Å². The molecule has 2 rings (SSSR count). The summed E-state index contributed by atoms with van der Waals surface area (Å²) in [5.41, 5.74) is 0.179. The summed E-state index contributed by atoms with van der Waals surface area (Å²) in [5, 5.41) is 3.60. The average Bonchev–Trinajstić information content (AvgIpc) is 2.66. The van der Waals surface area contributed by atoms with E-state index >= 15 is 0 Å². The number of ether oxygens (including phenoxy) is 1. The van der Waals surface area contributed by atoms with E-state index in [0.717, 1.165) is 0 Å². The Morgan fingerprint density at radius 3 is 3.07 bits per heavy atom. The molecule has 0 N–H and O–H groups in total. The van der Waals surface area contributed by atoms with Gasteiger partial charge >= 0.3 is 5.97 Å². The highest BCUT2D eigenvalue weighted by atomic mass is 19.1. The van der Waals surface area contributed by atoms with Crippen LogP contribution in [0.5, 0.6) is 0 Å². The fraction of sp³-hybridized carbons (Fsp3) is 0.111. The highest BCUT2D eigenvalue weighted by Crippen LogP contribution is 2.20. The number of hydrogen-bond donors (Lipinski definition) is 0. The van der Waals surface area contributed by atoms with Gasteiger partial charge in [0, 0.05) is 0 Å². The van der Waals surface area contributed by atoms with Gasteiger partial charge in [0.1, 0.15) is 5.82 Å². The SMILES string of the molecule is COC(=O)c1ccc2oncc2c1F. The summed E-state index contributed by atoms with van der Waals surface area (Å²) in [5.74, 6) is -1.39. The van der Waals surface area contributed by atoms with Crippen molar-refractivity contribution in [2.24, 2.45) is 0 Å². The molecular formula is C9H6FNO3. The van der Waals surface area contributed by atoms with Crippen LogP contribution in [0, 0.1) is 5.82 Å². The summed E-state index contributed by atoms with van der Waals surface area (Å²) in [6.07, 6.45) is 1.22. The molecule has 2 aromatic rings. The van der Waals surface area contributed by atoms with E-state index in [2.05, 4.69) is 9.89 Å². The molecule has 5 heteroatoms. The van der Waals surface area contributed by atoms with E-state index in [1.165, 1.54) is 25.4 Å². The first kappa shape index (κ1) is 8.68. The molecule has 0 saturated heterocycles. The topological polar surface area (TPSA) is 52.3 Å². The summed E-state index contributed by atoms with van der Waals surface area (Å²) < 4.78 is 22.7. The summed E-state index contributed by atoms with van der Waals surface area (Å²) in [7, 11) is 1.19. The smallest absolute Gasteiger partial charge is 0.340 e. The number of esters is 1. The lowest BCUT2D eigenvalue weighted by Crippen LogP contribution is -2.04. The predicted octanol–water partition coefficient (Wildman–Crippen LogP) is 1.75. The van der Waals surface area contributed by atoms with Gasteiger partial charge in [-0.1, -0.05) is 5.16 Å². The molecule has 1 aromatic heterocycles. The van der Waals surface area contributed by atoms with Crippen molar-refractivity contribution in [2.75, 3.05) is 7.11 Å². The molecule has 0 saturated carbocycles. The van der Waals surface area contributed by atoms with E-state index in [1.807, 2.05) is 0 Å². The predicted molar refractivity (Wildman–Crippen MR) is 45.3 cm³/mol. The van der Waals surface area contributed by atoms with Crippen LogP contribution >= 0.6 is 0 Å². The largest absolute Gasteiger partial charge is 0.465 e. The third kappa shape index (κ3) is 1.14. The van der Waals surface area contributed by atoms with E-state index in [1.54, 1.807) is 0 Å². The maximum Gasteiger partial charge on any atom is 0.340 e. The minimum atomic E-state index is -0.717. The van der Waals surface area contributed by atoms with Crippen molar-refractivity contribution in [3.8, 4) is 0 Å². The van der Waals surface area contributed by atoms with E-state index in [9.17, 15) is 9.18 Å². The van der Waals surface area contributed by atoms with E-state index in [-0.39, 0.29) is 10.9 Å². The van der Waals surface area contributed by atoms with Crippen molar-refractivity contribution in [3.05, 3.63) is 29.7 Å². The van der Waals surface area contributed by atoms with Crippen molar-refractivity contribution in [3.63, 3.8) is 0 Å². The van der Waals surface area contributed by atoms with Gasteiger partial charge in [0.2, 0.25) is 0 Å². The van der Waals surface area contributed by atoms with Gasteiger partial charge in [0.15, 0.2) is 5.58 Å². The fourth-order valence-electron chi connectivity index (χ4n) is 1.18. The monoisotopic (exact) mass is 195 g/mol. The van der Waals surface area contributed by atoms with Gasteiger partial charge in [0.25, 0.3) is 0 Å². The van der Waals surface area contributed by atoms with Crippen LogP contribution in [0.1, 0.15) is 10.4 Å². The molecule has 0 amide bonds. The van der Waals surface area contributed by atoms with Crippen LogP contribution in [0.25, 0.3) is 11.0 Å². The van der Waals surface area contributed by atoms with Crippen LogP contribution in [0.2, 0.25) is 0 Å². The Morgan fingerprint density at radius 1 is 1.57 bits per heavy atom. The first-order valence-electron chi connectivity index (χ1n) is 3.85. The second kappa shape index (κ2) is 3.10. The maximum absolute atomic E-state index is 13.5. The highest BCUT2D eigenvalue weighted by Gasteiger charge is 2.16. The molecule has 1 heterocycles. The number of rotatable bonds is 1. The summed E-state index contributed by atoms with van der Waals surface area (Å²) in [4.78, 5) is 11.1. The molecular weight excluding hydrogens is 189 g/mol. The van der Waals surface area contributed by atoms with Crippen molar-refractivity contribution in [2.45, 2.75) is 0 Å². The molecule has 4 nitrogen and oxygen atoms in total. The normalized spacial score (nSPS) is 10.4. The van der Waals surface area contributed by atoms with Crippen molar-refractivity contribution < 1.29 is 18.4 Å². The Labute approximate surface area is 78.2 Å². The zero-order chi connectivity index (χ0) is 10.1. The maximum atomic E-state index is 13.5. The average molecular weight is 195 g/mol. The van der Waals surface area contributed by atoms with E-state index < -0.39 is 11.8 Å². The minimum absolute atomic E-state index is 0.122. The van der Waals surface area contributed by atoms with Crippen LogP contribution in [0.3, 0.4) is 0 Å². The highest BCUT2D eigenvalue weighted by molar-refractivity contribution is 5.94. The first-order chi connectivity index (χ1) is 6.74. The number of methoxy groups -OCH3 is 1. The number of halogens is 1. The second-order valence-electron chi connectivity index (χ2n) is 2.66. The lowest BCUT2D eigenvalue weighted by atomic mass is 10.1. The number of fused-ring (bicyclic) bond motifs is 1. The van der Waals surface area contributed by atoms with Crippen molar-refractivity contribution in [1.29, 1.82) is 0 Å². The Hall–Kier alpha value is -1.91. The standard InChI is InChI=1S/C9H6FNO3/c1-13-9(12)5-2-3-7-6(8(5)10)4-11-14-7/h2-4H,1H3.